The molecule has 0 aliphatic rings. The molecule has 1 aromatic heterocycles. The minimum Gasteiger partial charge on any atom is -0.497 e. The first-order valence-corrected chi connectivity index (χ1v) is 8.99. The quantitative estimate of drug-likeness (QED) is 0.660. The molecule has 6 heteroatoms. The van der Waals surface area contributed by atoms with Crippen LogP contribution in [0.25, 0.3) is 16.9 Å². The van der Waals surface area contributed by atoms with Gasteiger partial charge >= 0.3 is 5.97 Å². The second kappa shape index (κ2) is 7.84. The number of hydrogen-bond donors (Lipinski definition) is 1. The van der Waals surface area contributed by atoms with E-state index >= 15 is 0 Å². The molecule has 0 aliphatic carbocycles. The van der Waals surface area contributed by atoms with E-state index in [1.807, 2.05) is 61.0 Å². The predicted molar refractivity (Wildman–Crippen MR) is 106 cm³/mol. The number of benzene rings is 2. The van der Waals surface area contributed by atoms with Crippen LogP contribution in [0.2, 0.25) is 5.02 Å². The van der Waals surface area contributed by atoms with Crippen molar-refractivity contribution in [2.45, 2.75) is 26.7 Å². The van der Waals surface area contributed by atoms with E-state index in [-0.39, 0.29) is 6.42 Å². The predicted octanol–water partition coefficient (Wildman–Crippen LogP) is 4.84. The number of nitrogens with zero attached hydrogens (tertiary/aromatic N) is 2. The summed E-state index contributed by atoms with van der Waals surface area (Å²) in [6, 6.07) is 13.4. The first kappa shape index (κ1) is 19.0. The molecule has 27 heavy (non-hydrogen) atoms. The largest absolute Gasteiger partial charge is 0.497 e. The first-order valence-electron chi connectivity index (χ1n) is 8.61. The van der Waals surface area contributed by atoms with Gasteiger partial charge in [0.25, 0.3) is 0 Å². The third kappa shape index (κ3) is 4.14. The van der Waals surface area contributed by atoms with Gasteiger partial charge in [-0.2, -0.15) is 5.10 Å². The number of carboxylic acid groups (broad SMARTS) is 1. The van der Waals surface area contributed by atoms with Gasteiger partial charge in [-0.05, 0) is 61.4 Å². The Kier molecular flexibility index (Phi) is 5.51. The number of ether oxygens (including phenoxy) is 1. The summed E-state index contributed by atoms with van der Waals surface area (Å²) in [5.41, 5.74) is 5.52. The van der Waals surface area contributed by atoms with Crippen molar-refractivity contribution >= 4 is 17.6 Å². The Labute approximate surface area is 163 Å². The Hall–Kier alpha value is -2.79. The summed E-state index contributed by atoms with van der Waals surface area (Å²) in [5, 5.41) is 14.5. The van der Waals surface area contributed by atoms with Crippen molar-refractivity contribution in [3.05, 3.63) is 64.3 Å². The van der Waals surface area contributed by atoms with E-state index in [9.17, 15) is 4.79 Å². The summed E-state index contributed by atoms with van der Waals surface area (Å²) < 4.78 is 7.10. The number of halogens is 1. The molecule has 0 aliphatic heterocycles. The number of carbonyl (C=O) groups is 1. The van der Waals surface area contributed by atoms with Crippen molar-refractivity contribution in [1.82, 2.24) is 9.78 Å². The highest BCUT2D eigenvalue weighted by atomic mass is 35.5. The molecule has 0 spiro atoms. The number of aryl methyl sites for hydroxylation is 3. The topological polar surface area (TPSA) is 64.4 Å². The van der Waals surface area contributed by atoms with Crippen molar-refractivity contribution < 1.29 is 14.6 Å². The highest BCUT2D eigenvalue weighted by Crippen LogP contribution is 2.29. The Morgan fingerprint density at radius 1 is 1.15 bits per heavy atom. The van der Waals surface area contributed by atoms with Gasteiger partial charge in [-0.15, -0.1) is 0 Å². The summed E-state index contributed by atoms with van der Waals surface area (Å²) in [6.07, 6.45) is 0.431. The lowest BCUT2D eigenvalue weighted by Crippen LogP contribution is -2.06. The molecule has 0 atom stereocenters. The van der Waals surface area contributed by atoms with E-state index in [4.69, 9.17) is 26.5 Å². The molecule has 5 nitrogen and oxygen atoms in total. The van der Waals surface area contributed by atoms with Crippen LogP contribution >= 0.6 is 11.6 Å². The van der Waals surface area contributed by atoms with E-state index in [1.54, 1.807) is 7.11 Å². The van der Waals surface area contributed by atoms with Gasteiger partial charge in [0.05, 0.1) is 24.9 Å². The Balaban J connectivity index is 2.11. The van der Waals surface area contributed by atoms with Gasteiger partial charge in [0.2, 0.25) is 0 Å². The fourth-order valence-corrected chi connectivity index (χ4v) is 3.31. The van der Waals surface area contributed by atoms with Gasteiger partial charge in [-0.25, -0.2) is 4.68 Å². The Morgan fingerprint density at radius 3 is 2.56 bits per heavy atom. The van der Waals surface area contributed by atoms with Gasteiger partial charge in [-0.1, -0.05) is 17.7 Å². The summed E-state index contributed by atoms with van der Waals surface area (Å²) in [4.78, 5) is 11.1. The third-order valence-electron chi connectivity index (χ3n) is 4.47. The van der Waals surface area contributed by atoms with Crippen molar-refractivity contribution in [2.75, 3.05) is 7.11 Å². The summed E-state index contributed by atoms with van der Waals surface area (Å²) in [5.74, 6) is -0.0670. The average molecular weight is 385 g/mol. The van der Waals surface area contributed by atoms with Gasteiger partial charge in [0.1, 0.15) is 5.75 Å². The fourth-order valence-electron chi connectivity index (χ4n) is 3.08. The van der Waals surface area contributed by atoms with E-state index in [0.29, 0.717) is 11.4 Å². The van der Waals surface area contributed by atoms with Crippen LogP contribution in [0.5, 0.6) is 5.75 Å². The molecule has 3 aromatic rings. The van der Waals surface area contributed by atoms with Crippen LogP contribution in [0.3, 0.4) is 0 Å². The fraction of sp³-hybridized carbons (Fsp3) is 0.238. The zero-order chi connectivity index (χ0) is 19.6. The molecular weight excluding hydrogens is 364 g/mol. The number of carboxylic acids is 1. The van der Waals surface area contributed by atoms with Crippen LogP contribution in [-0.2, 0) is 11.2 Å². The normalized spacial score (nSPS) is 10.8. The van der Waals surface area contributed by atoms with Gasteiger partial charge in [0, 0.05) is 22.7 Å². The molecule has 1 heterocycles. The van der Waals surface area contributed by atoms with Gasteiger partial charge in [-0.3, -0.25) is 4.79 Å². The maximum Gasteiger partial charge on any atom is 0.303 e. The molecule has 0 saturated carbocycles. The Morgan fingerprint density at radius 2 is 1.93 bits per heavy atom. The third-order valence-corrected chi connectivity index (χ3v) is 4.71. The minimum absolute atomic E-state index is 0.0416. The second-order valence-electron chi connectivity index (χ2n) is 6.44. The smallest absolute Gasteiger partial charge is 0.303 e. The molecule has 3 rings (SSSR count). The molecule has 0 radical (unpaired) electrons. The average Bonchev–Trinajstić information content (AvgIpc) is 3.03. The Bertz CT molecular complexity index is 995. The molecular formula is C21H21ClN2O3. The van der Waals surface area contributed by atoms with E-state index in [1.165, 1.54) is 0 Å². The van der Waals surface area contributed by atoms with Crippen LogP contribution in [0, 0.1) is 13.8 Å². The standard InChI is InChI=1S/C21H21ClN2O3/c1-13-10-15(22)4-7-18(13)19-12-16(5-9-21(25)26)24(23-19)20-8-6-17(27-3)11-14(20)2/h4,6-8,10-12H,5,9H2,1-3H3,(H,25,26). The van der Waals surface area contributed by atoms with Crippen LogP contribution in [0.1, 0.15) is 23.2 Å². The minimum atomic E-state index is -0.835. The molecule has 0 fully saturated rings. The maximum absolute atomic E-state index is 11.1. The molecule has 1 N–H and O–H groups in total. The first-order chi connectivity index (χ1) is 12.9. The zero-order valence-corrected chi connectivity index (χ0v) is 16.2. The number of aromatic nitrogens is 2. The van der Waals surface area contributed by atoms with Crippen molar-refractivity contribution in [1.29, 1.82) is 0 Å². The van der Waals surface area contributed by atoms with E-state index < -0.39 is 5.97 Å². The molecule has 0 saturated heterocycles. The van der Waals surface area contributed by atoms with Crippen LogP contribution < -0.4 is 4.74 Å². The number of rotatable bonds is 6. The van der Waals surface area contributed by atoms with Crippen molar-refractivity contribution in [3.63, 3.8) is 0 Å². The van der Waals surface area contributed by atoms with Crippen molar-refractivity contribution in [2.24, 2.45) is 0 Å². The lowest BCUT2D eigenvalue weighted by Gasteiger charge is -2.11. The van der Waals surface area contributed by atoms with Crippen LogP contribution in [0.15, 0.2) is 42.5 Å². The SMILES string of the molecule is COc1ccc(-n2nc(-c3ccc(Cl)cc3C)cc2CCC(=O)O)c(C)c1. The molecule has 2 aromatic carbocycles. The highest BCUT2D eigenvalue weighted by molar-refractivity contribution is 6.30. The van der Waals surface area contributed by atoms with E-state index in [2.05, 4.69) is 0 Å². The maximum atomic E-state index is 11.1. The highest BCUT2D eigenvalue weighted by Gasteiger charge is 2.15. The zero-order valence-electron chi connectivity index (χ0n) is 15.5. The van der Waals surface area contributed by atoms with Gasteiger partial charge < -0.3 is 9.84 Å². The van der Waals surface area contributed by atoms with Crippen LogP contribution in [-0.4, -0.2) is 28.0 Å². The second-order valence-corrected chi connectivity index (χ2v) is 6.87. The molecule has 140 valence electrons. The lowest BCUT2D eigenvalue weighted by atomic mass is 10.1. The molecule has 0 bridgehead atoms. The van der Waals surface area contributed by atoms with Crippen LogP contribution in [0.4, 0.5) is 0 Å². The number of methoxy groups -OCH3 is 1. The monoisotopic (exact) mass is 384 g/mol. The molecule has 0 amide bonds. The van der Waals surface area contributed by atoms with E-state index in [0.717, 1.165) is 39.5 Å². The number of hydrogen-bond acceptors (Lipinski definition) is 3. The summed E-state index contributed by atoms with van der Waals surface area (Å²) >= 11 is 6.07. The van der Waals surface area contributed by atoms with Crippen molar-refractivity contribution in [3.8, 4) is 22.7 Å². The summed E-state index contributed by atoms with van der Waals surface area (Å²) in [7, 11) is 1.63. The lowest BCUT2D eigenvalue weighted by molar-refractivity contribution is -0.136. The molecule has 0 unspecified atom stereocenters. The summed E-state index contributed by atoms with van der Waals surface area (Å²) in [6.45, 7) is 3.96. The van der Waals surface area contributed by atoms with Gasteiger partial charge in [0.15, 0.2) is 0 Å². The number of aliphatic carboxylic acids is 1.